The minimum absolute atomic E-state index is 0.0369. The van der Waals surface area contributed by atoms with Gasteiger partial charge < -0.3 is 14.4 Å². The van der Waals surface area contributed by atoms with Gasteiger partial charge in [-0.1, -0.05) is 0 Å². The molecule has 1 amide bonds. The van der Waals surface area contributed by atoms with E-state index in [4.69, 9.17) is 9.47 Å². The van der Waals surface area contributed by atoms with Crippen LogP contribution in [0.1, 0.15) is 34.1 Å². The van der Waals surface area contributed by atoms with Gasteiger partial charge in [0.1, 0.15) is 11.8 Å². The Morgan fingerprint density at radius 1 is 1.32 bits per heavy atom. The third kappa shape index (κ3) is 5.04. The van der Waals surface area contributed by atoms with E-state index >= 15 is 0 Å². The Balaban J connectivity index is 2.64. The largest absolute Gasteiger partial charge is 0.466 e. The molecule has 1 heterocycles. The lowest BCUT2D eigenvalue weighted by atomic mass is 9.97. The topological polar surface area (TPSA) is 55.8 Å². The minimum atomic E-state index is -1.23. The van der Waals surface area contributed by atoms with Crippen molar-refractivity contribution < 1.29 is 23.5 Å². The maximum Gasteiger partial charge on any atom is 0.410 e. The first kappa shape index (κ1) is 15.7. The number of halogens is 1. The van der Waals surface area contributed by atoms with Gasteiger partial charge in [0.2, 0.25) is 0 Å². The number of carbonyl (C=O) groups excluding carboxylic acids is 2. The first-order valence-corrected chi connectivity index (χ1v) is 6.51. The standard InChI is InChI=1S/C13H22FNO4/c1-5-18-11(16)9-6-10(14)8-15(7-9)12(17)19-13(2,3)4/h9-10H,5-8H2,1-4H3/t9-,10-/m0/s1. The van der Waals surface area contributed by atoms with Crippen molar-refractivity contribution in [3.63, 3.8) is 0 Å². The second-order valence-electron chi connectivity index (χ2n) is 5.67. The summed E-state index contributed by atoms with van der Waals surface area (Å²) in [6.07, 6.45) is -1.72. The maximum atomic E-state index is 13.6. The molecular weight excluding hydrogens is 253 g/mol. The summed E-state index contributed by atoms with van der Waals surface area (Å²) in [5.41, 5.74) is -0.639. The maximum absolute atomic E-state index is 13.6. The van der Waals surface area contributed by atoms with Gasteiger partial charge in [-0.3, -0.25) is 4.79 Å². The van der Waals surface area contributed by atoms with Crippen LogP contribution in [0.5, 0.6) is 0 Å². The normalized spacial score (nSPS) is 23.9. The summed E-state index contributed by atoms with van der Waals surface area (Å²) in [4.78, 5) is 24.7. The van der Waals surface area contributed by atoms with Crippen molar-refractivity contribution in [2.24, 2.45) is 5.92 Å². The van der Waals surface area contributed by atoms with Crippen molar-refractivity contribution in [1.29, 1.82) is 0 Å². The number of amides is 1. The molecule has 0 aromatic carbocycles. The highest BCUT2D eigenvalue weighted by Crippen LogP contribution is 2.22. The highest BCUT2D eigenvalue weighted by atomic mass is 19.1. The van der Waals surface area contributed by atoms with Gasteiger partial charge in [0.15, 0.2) is 0 Å². The van der Waals surface area contributed by atoms with Gasteiger partial charge in [-0.05, 0) is 34.1 Å². The molecule has 19 heavy (non-hydrogen) atoms. The Kier molecular flexibility index (Phi) is 5.14. The van der Waals surface area contributed by atoms with Gasteiger partial charge in [-0.25, -0.2) is 9.18 Å². The fraction of sp³-hybridized carbons (Fsp3) is 0.846. The minimum Gasteiger partial charge on any atom is -0.466 e. The number of hydrogen-bond acceptors (Lipinski definition) is 4. The van der Waals surface area contributed by atoms with E-state index in [1.54, 1.807) is 27.7 Å². The van der Waals surface area contributed by atoms with E-state index in [0.29, 0.717) is 0 Å². The highest BCUT2D eigenvalue weighted by Gasteiger charge is 2.36. The van der Waals surface area contributed by atoms with Gasteiger partial charge in [0.05, 0.1) is 19.1 Å². The molecule has 0 radical (unpaired) electrons. The van der Waals surface area contributed by atoms with Crippen LogP contribution in [0.2, 0.25) is 0 Å². The molecule has 1 saturated heterocycles. The van der Waals surface area contributed by atoms with E-state index in [1.807, 2.05) is 0 Å². The molecule has 2 atom stereocenters. The summed E-state index contributed by atoms with van der Waals surface area (Å²) in [5, 5.41) is 0. The number of carbonyl (C=O) groups is 2. The third-order valence-corrected chi connectivity index (χ3v) is 2.67. The first-order chi connectivity index (χ1) is 8.73. The number of alkyl halides is 1. The van der Waals surface area contributed by atoms with Crippen LogP contribution in [0.25, 0.3) is 0 Å². The molecule has 0 unspecified atom stereocenters. The molecule has 0 saturated carbocycles. The van der Waals surface area contributed by atoms with Gasteiger partial charge in [0, 0.05) is 6.54 Å². The summed E-state index contributed by atoms with van der Waals surface area (Å²) in [6, 6.07) is 0. The molecule has 1 aliphatic heterocycles. The van der Waals surface area contributed by atoms with Crippen LogP contribution in [0.4, 0.5) is 9.18 Å². The summed E-state index contributed by atoms with van der Waals surface area (Å²) < 4.78 is 23.7. The molecule has 6 heteroatoms. The average Bonchev–Trinajstić information content (AvgIpc) is 2.26. The van der Waals surface area contributed by atoms with Crippen LogP contribution in [0.15, 0.2) is 0 Å². The van der Waals surface area contributed by atoms with E-state index in [-0.39, 0.29) is 26.1 Å². The smallest absolute Gasteiger partial charge is 0.410 e. The molecule has 110 valence electrons. The van der Waals surface area contributed by atoms with Crippen molar-refractivity contribution in [1.82, 2.24) is 4.90 Å². The number of ether oxygens (including phenoxy) is 2. The van der Waals surface area contributed by atoms with Crippen LogP contribution < -0.4 is 0 Å². The number of rotatable bonds is 2. The van der Waals surface area contributed by atoms with Crippen molar-refractivity contribution in [2.75, 3.05) is 19.7 Å². The van der Waals surface area contributed by atoms with Crippen molar-refractivity contribution in [3.05, 3.63) is 0 Å². The fourth-order valence-electron chi connectivity index (χ4n) is 1.94. The molecule has 1 rings (SSSR count). The molecule has 5 nitrogen and oxygen atoms in total. The second-order valence-corrected chi connectivity index (χ2v) is 5.67. The van der Waals surface area contributed by atoms with Gasteiger partial charge in [-0.2, -0.15) is 0 Å². The zero-order valence-corrected chi connectivity index (χ0v) is 11.9. The van der Waals surface area contributed by atoms with Gasteiger partial charge in [-0.15, -0.1) is 0 Å². The lowest BCUT2D eigenvalue weighted by Crippen LogP contribution is -2.49. The van der Waals surface area contributed by atoms with Crippen molar-refractivity contribution in [2.45, 2.75) is 45.9 Å². The number of esters is 1. The van der Waals surface area contributed by atoms with Crippen molar-refractivity contribution >= 4 is 12.1 Å². The summed E-state index contributed by atoms with van der Waals surface area (Å²) in [6.45, 7) is 7.27. The number of piperidine rings is 1. The monoisotopic (exact) mass is 275 g/mol. The molecule has 0 aromatic heterocycles. The molecule has 0 aromatic rings. The molecule has 1 aliphatic rings. The number of likely N-dealkylation sites (tertiary alicyclic amines) is 1. The predicted molar refractivity (Wildman–Crippen MR) is 67.4 cm³/mol. The quantitative estimate of drug-likeness (QED) is 0.725. The van der Waals surface area contributed by atoms with Crippen molar-refractivity contribution in [3.8, 4) is 0 Å². The van der Waals surface area contributed by atoms with E-state index < -0.39 is 29.8 Å². The Morgan fingerprint density at radius 3 is 2.47 bits per heavy atom. The summed E-state index contributed by atoms with van der Waals surface area (Å²) in [5.74, 6) is -1.07. The van der Waals surface area contributed by atoms with E-state index in [2.05, 4.69) is 0 Å². The molecule has 1 fully saturated rings. The second kappa shape index (κ2) is 6.21. The lowest BCUT2D eigenvalue weighted by Gasteiger charge is -2.34. The summed E-state index contributed by atoms with van der Waals surface area (Å²) >= 11 is 0. The van der Waals surface area contributed by atoms with Crippen LogP contribution in [-0.4, -0.2) is 48.4 Å². The lowest BCUT2D eigenvalue weighted by molar-refractivity contribution is -0.150. The van der Waals surface area contributed by atoms with Gasteiger partial charge >= 0.3 is 12.1 Å². The first-order valence-electron chi connectivity index (χ1n) is 6.51. The van der Waals surface area contributed by atoms with Crippen LogP contribution in [0, 0.1) is 5.92 Å². The SMILES string of the molecule is CCOC(=O)[C@H]1C[C@H](F)CN(C(=O)OC(C)(C)C)C1. The van der Waals surface area contributed by atoms with Crippen LogP contribution in [-0.2, 0) is 14.3 Å². The Bertz CT molecular complexity index is 340. The highest BCUT2D eigenvalue weighted by molar-refractivity contribution is 5.75. The van der Waals surface area contributed by atoms with Gasteiger partial charge in [0.25, 0.3) is 0 Å². The zero-order chi connectivity index (χ0) is 14.6. The number of hydrogen-bond donors (Lipinski definition) is 0. The summed E-state index contributed by atoms with van der Waals surface area (Å²) in [7, 11) is 0. The molecule has 0 N–H and O–H groups in total. The Morgan fingerprint density at radius 2 is 1.95 bits per heavy atom. The Labute approximate surface area is 113 Å². The molecule has 0 spiro atoms. The van der Waals surface area contributed by atoms with E-state index in [9.17, 15) is 14.0 Å². The van der Waals surface area contributed by atoms with Crippen LogP contribution >= 0.6 is 0 Å². The average molecular weight is 275 g/mol. The molecule has 0 aliphatic carbocycles. The van der Waals surface area contributed by atoms with E-state index in [1.165, 1.54) is 4.90 Å². The number of nitrogens with zero attached hydrogens (tertiary/aromatic N) is 1. The van der Waals surface area contributed by atoms with Crippen LogP contribution in [0.3, 0.4) is 0 Å². The Hall–Kier alpha value is -1.33. The molecule has 0 bridgehead atoms. The fourth-order valence-corrected chi connectivity index (χ4v) is 1.94. The predicted octanol–water partition coefficient (Wildman–Crippen LogP) is 2.14. The zero-order valence-electron chi connectivity index (χ0n) is 11.9. The van der Waals surface area contributed by atoms with E-state index in [0.717, 1.165) is 0 Å². The third-order valence-electron chi connectivity index (χ3n) is 2.67. The molecular formula is C13H22FNO4.